The Labute approximate surface area is 158 Å². The average molecular weight is 362 g/mol. The van der Waals surface area contributed by atoms with Gasteiger partial charge in [-0.05, 0) is 54.8 Å². The van der Waals surface area contributed by atoms with Crippen molar-refractivity contribution in [1.82, 2.24) is 10.2 Å². The first-order chi connectivity index (χ1) is 13.2. The zero-order chi connectivity index (χ0) is 18.9. The first-order valence-electron chi connectivity index (χ1n) is 8.81. The van der Waals surface area contributed by atoms with E-state index in [1.54, 1.807) is 43.5 Å². The smallest absolute Gasteiger partial charge is 0.256 e. The molecule has 1 heterocycles. The van der Waals surface area contributed by atoms with Crippen LogP contribution >= 0.6 is 0 Å². The van der Waals surface area contributed by atoms with Gasteiger partial charge >= 0.3 is 0 Å². The molecular formula is C21H22N4O2. The van der Waals surface area contributed by atoms with Crippen molar-refractivity contribution < 1.29 is 9.53 Å². The quantitative estimate of drug-likeness (QED) is 0.597. The van der Waals surface area contributed by atoms with E-state index >= 15 is 0 Å². The van der Waals surface area contributed by atoms with Gasteiger partial charge in [-0.3, -0.25) is 4.79 Å². The van der Waals surface area contributed by atoms with Gasteiger partial charge in [-0.15, -0.1) is 10.2 Å². The van der Waals surface area contributed by atoms with Gasteiger partial charge < -0.3 is 15.4 Å². The summed E-state index contributed by atoms with van der Waals surface area (Å²) in [6.07, 6.45) is 2.01. The second-order valence-electron chi connectivity index (χ2n) is 6.00. The van der Waals surface area contributed by atoms with Gasteiger partial charge in [0.25, 0.3) is 5.91 Å². The van der Waals surface area contributed by atoms with Crippen molar-refractivity contribution in [2.75, 3.05) is 24.3 Å². The number of nitrogens with zero attached hydrogens (tertiary/aromatic N) is 2. The zero-order valence-electron chi connectivity index (χ0n) is 15.2. The third-order valence-electron chi connectivity index (χ3n) is 4.05. The summed E-state index contributed by atoms with van der Waals surface area (Å²) in [6, 6.07) is 20.8. The second kappa shape index (κ2) is 9.33. The highest BCUT2D eigenvalue weighted by Crippen LogP contribution is 2.13. The lowest BCUT2D eigenvalue weighted by atomic mass is 10.1. The van der Waals surface area contributed by atoms with Crippen LogP contribution in [0.2, 0.25) is 0 Å². The fraction of sp³-hybridized carbons (Fsp3) is 0.190. The molecule has 0 aliphatic heterocycles. The van der Waals surface area contributed by atoms with Crippen LogP contribution in [0.15, 0.2) is 66.7 Å². The van der Waals surface area contributed by atoms with E-state index in [4.69, 9.17) is 4.74 Å². The van der Waals surface area contributed by atoms with Gasteiger partial charge in [0.1, 0.15) is 11.6 Å². The average Bonchev–Trinajstić information content (AvgIpc) is 2.73. The number of hydrogen-bond acceptors (Lipinski definition) is 5. The summed E-state index contributed by atoms with van der Waals surface area (Å²) in [5.74, 6) is 1.56. The molecule has 0 saturated carbocycles. The highest BCUT2D eigenvalue weighted by Gasteiger charge is 2.07. The number of nitrogens with one attached hydrogen (secondary N) is 2. The van der Waals surface area contributed by atoms with E-state index in [-0.39, 0.29) is 5.91 Å². The van der Waals surface area contributed by atoms with E-state index in [2.05, 4.69) is 33.0 Å². The molecule has 27 heavy (non-hydrogen) atoms. The van der Waals surface area contributed by atoms with Gasteiger partial charge in [0, 0.05) is 12.1 Å². The van der Waals surface area contributed by atoms with Crippen LogP contribution < -0.4 is 15.4 Å². The Balaban J connectivity index is 1.45. The highest BCUT2D eigenvalue weighted by molar-refractivity contribution is 6.03. The van der Waals surface area contributed by atoms with Crippen LogP contribution in [0, 0.1) is 0 Å². The predicted octanol–water partition coefficient (Wildman–Crippen LogP) is 3.78. The molecule has 0 aliphatic rings. The number of ether oxygens (including phenoxy) is 1. The van der Waals surface area contributed by atoms with E-state index in [0.717, 1.165) is 19.4 Å². The summed E-state index contributed by atoms with van der Waals surface area (Å²) < 4.78 is 5.08. The van der Waals surface area contributed by atoms with Crippen LogP contribution in [0.1, 0.15) is 22.3 Å². The lowest BCUT2D eigenvalue weighted by molar-refractivity contribution is 0.102. The molecule has 0 spiro atoms. The molecule has 0 fully saturated rings. The third kappa shape index (κ3) is 5.54. The molecule has 0 atom stereocenters. The first-order valence-corrected chi connectivity index (χ1v) is 8.81. The number of aryl methyl sites for hydroxylation is 1. The summed E-state index contributed by atoms with van der Waals surface area (Å²) in [5.41, 5.74) is 1.85. The van der Waals surface area contributed by atoms with Crippen molar-refractivity contribution in [3.63, 3.8) is 0 Å². The van der Waals surface area contributed by atoms with Gasteiger partial charge in [0.15, 0.2) is 5.82 Å². The largest absolute Gasteiger partial charge is 0.497 e. The number of methoxy groups -OCH3 is 1. The first kappa shape index (κ1) is 18.4. The predicted molar refractivity (Wildman–Crippen MR) is 106 cm³/mol. The number of carbonyl (C=O) groups is 1. The normalized spacial score (nSPS) is 10.3. The van der Waals surface area contributed by atoms with Crippen molar-refractivity contribution in [1.29, 1.82) is 0 Å². The molecule has 0 saturated heterocycles. The fourth-order valence-corrected chi connectivity index (χ4v) is 2.58. The van der Waals surface area contributed by atoms with Crippen molar-refractivity contribution in [2.45, 2.75) is 12.8 Å². The summed E-state index contributed by atoms with van der Waals surface area (Å²) >= 11 is 0. The van der Waals surface area contributed by atoms with Crippen molar-refractivity contribution >= 4 is 17.5 Å². The Morgan fingerprint density at radius 2 is 1.63 bits per heavy atom. The maximum absolute atomic E-state index is 12.2. The molecule has 6 heteroatoms. The van der Waals surface area contributed by atoms with E-state index in [1.807, 2.05) is 18.2 Å². The van der Waals surface area contributed by atoms with Crippen LogP contribution in [-0.4, -0.2) is 29.8 Å². The number of anilines is 2. The molecule has 1 aromatic heterocycles. The molecule has 2 aromatic carbocycles. The van der Waals surface area contributed by atoms with Crippen LogP contribution in [0.4, 0.5) is 11.6 Å². The van der Waals surface area contributed by atoms with E-state index in [1.165, 1.54) is 5.56 Å². The molecule has 0 aliphatic carbocycles. The number of rotatable bonds is 8. The minimum absolute atomic E-state index is 0.240. The Kier molecular flexibility index (Phi) is 6.35. The van der Waals surface area contributed by atoms with Crippen LogP contribution in [0.25, 0.3) is 0 Å². The molecule has 0 unspecified atom stereocenters. The lowest BCUT2D eigenvalue weighted by Gasteiger charge is -2.07. The molecule has 3 rings (SSSR count). The number of aromatic nitrogens is 2. The lowest BCUT2D eigenvalue weighted by Crippen LogP contribution is -2.14. The number of carbonyl (C=O) groups excluding carboxylic acids is 1. The maximum Gasteiger partial charge on any atom is 0.256 e. The van der Waals surface area contributed by atoms with Gasteiger partial charge in [0.05, 0.1) is 7.11 Å². The highest BCUT2D eigenvalue weighted by atomic mass is 16.5. The number of benzene rings is 2. The second-order valence-corrected chi connectivity index (χ2v) is 6.00. The van der Waals surface area contributed by atoms with Crippen LogP contribution in [-0.2, 0) is 6.42 Å². The standard InChI is InChI=1S/C21H22N4O2/c1-27-18-11-9-17(10-12-18)21(26)23-20-14-13-19(24-25-20)22-15-5-8-16-6-3-2-4-7-16/h2-4,6-7,9-14H,5,8,15H2,1H3,(H,22,24)(H,23,25,26). The van der Waals surface area contributed by atoms with Gasteiger partial charge in [-0.25, -0.2) is 0 Å². The van der Waals surface area contributed by atoms with Crippen molar-refractivity contribution in [3.05, 3.63) is 77.9 Å². The van der Waals surface area contributed by atoms with Crippen LogP contribution in [0.5, 0.6) is 5.75 Å². The Hall–Kier alpha value is -3.41. The minimum Gasteiger partial charge on any atom is -0.497 e. The molecule has 2 N–H and O–H groups in total. The SMILES string of the molecule is COc1ccc(C(=O)Nc2ccc(NCCCc3ccccc3)nn2)cc1. The Bertz CT molecular complexity index is 850. The van der Waals surface area contributed by atoms with Crippen molar-refractivity contribution in [2.24, 2.45) is 0 Å². The van der Waals surface area contributed by atoms with Gasteiger partial charge in [0.2, 0.25) is 0 Å². The van der Waals surface area contributed by atoms with Crippen LogP contribution in [0.3, 0.4) is 0 Å². The molecule has 3 aromatic rings. The van der Waals surface area contributed by atoms with E-state index < -0.39 is 0 Å². The van der Waals surface area contributed by atoms with E-state index in [0.29, 0.717) is 22.9 Å². The van der Waals surface area contributed by atoms with Crippen molar-refractivity contribution in [3.8, 4) is 5.75 Å². The molecule has 0 bridgehead atoms. The summed E-state index contributed by atoms with van der Waals surface area (Å²) in [7, 11) is 1.59. The molecule has 1 amide bonds. The monoisotopic (exact) mass is 362 g/mol. The Morgan fingerprint density at radius 1 is 0.926 bits per heavy atom. The molecule has 6 nitrogen and oxygen atoms in total. The van der Waals surface area contributed by atoms with E-state index in [9.17, 15) is 4.79 Å². The molecule has 0 radical (unpaired) electrons. The molecular weight excluding hydrogens is 340 g/mol. The topological polar surface area (TPSA) is 76.1 Å². The Morgan fingerprint density at radius 3 is 2.30 bits per heavy atom. The maximum atomic E-state index is 12.2. The zero-order valence-corrected chi connectivity index (χ0v) is 15.2. The summed E-state index contributed by atoms with van der Waals surface area (Å²) in [6.45, 7) is 0.807. The van der Waals surface area contributed by atoms with Gasteiger partial charge in [-0.2, -0.15) is 0 Å². The van der Waals surface area contributed by atoms with Gasteiger partial charge in [-0.1, -0.05) is 30.3 Å². The minimum atomic E-state index is -0.240. The fourth-order valence-electron chi connectivity index (χ4n) is 2.58. The number of hydrogen-bond donors (Lipinski definition) is 2. The molecule has 138 valence electrons. The summed E-state index contributed by atoms with van der Waals surface area (Å²) in [4.78, 5) is 12.2. The third-order valence-corrected chi connectivity index (χ3v) is 4.05. The number of amides is 1. The summed E-state index contributed by atoms with van der Waals surface area (Å²) in [5, 5.41) is 14.1.